The van der Waals surface area contributed by atoms with Gasteiger partial charge in [-0.05, 0) is 56.2 Å². The zero-order chi connectivity index (χ0) is 14.4. The lowest BCUT2D eigenvalue weighted by molar-refractivity contribution is 0.217. The van der Waals surface area contributed by atoms with E-state index >= 15 is 0 Å². The molecule has 1 heteroatoms. The van der Waals surface area contributed by atoms with Gasteiger partial charge in [0.2, 0.25) is 0 Å². The quantitative estimate of drug-likeness (QED) is 0.790. The average molecular weight is 273 g/mol. The molecule has 1 nitrogen and oxygen atoms in total. The molecule has 1 N–H and O–H groups in total. The molecule has 0 spiro atoms. The van der Waals surface area contributed by atoms with Gasteiger partial charge in [0.15, 0.2) is 0 Å². The normalized spacial score (nSPS) is 24.6. The first-order valence-electron chi connectivity index (χ1n) is 8.46. The highest BCUT2D eigenvalue weighted by atomic mass is 14.9. The summed E-state index contributed by atoms with van der Waals surface area (Å²) >= 11 is 0. The van der Waals surface area contributed by atoms with E-state index in [-0.39, 0.29) is 0 Å². The van der Waals surface area contributed by atoms with E-state index < -0.39 is 0 Å². The van der Waals surface area contributed by atoms with Crippen molar-refractivity contribution in [2.75, 3.05) is 7.05 Å². The molecule has 0 bridgehead atoms. The summed E-state index contributed by atoms with van der Waals surface area (Å²) in [6.45, 7) is 4.56. The van der Waals surface area contributed by atoms with Gasteiger partial charge in [-0.2, -0.15) is 0 Å². The van der Waals surface area contributed by atoms with E-state index in [0.717, 1.165) is 11.8 Å². The van der Waals surface area contributed by atoms with Crippen LogP contribution in [-0.2, 0) is 6.42 Å². The van der Waals surface area contributed by atoms with Crippen LogP contribution in [0.15, 0.2) is 24.3 Å². The van der Waals surface area contributed by atoms with Crippen LogP contribution in [-0.4, -0.2) is 13.1 Å². The van der Waals surface area contributed by atoms with Gasteiger partial charge in [-0.1, -0.05) is 56.9 Å². The first-order chi connectivity index (χ1) is 9.74. The maximum absolute atomic E-state index is 3.59. The molecular formula is C19H31N. The van der Waals surface area contributed by atoms with Crippen LogP contribution in [0.2, 0.25) is 0 Å². The molecule has 0 radical (unpaired) electrons. The lowest BCUT2D eigenvalue weighted by Gasteiger charge is -2.34. The van der Waals surface area contributed by atoms with Crippen LogP contribution in [0, 0.1) is 18.8 Å². The summed E-state index contributed by atoms with van der Waals surface area (Å²) in [7, 11) is 2.14. The molecule has 1 aromatic rings. The van der Waals surface area contributed by atoms with Crippen molar-refractivity contribution < 1.29 is 0 Å². The lowest BCUT2D eigenvalue weighted by Crippen LogP contribution is -2.37. The summed E-state index contributed by atoms with van der Waals surface area (Å²) < 4.78 is 0. The van der Waals surface area contributed by atoms with E-state index in [1.54, 1.807) is 0 Å². The Morgan fingerprint density at radius 2 is 1.85 bits per heavy atom. The summed E-state index contributed by atoms with van der Waals surface area (Å²) in [6.07, 6.45) is 9.72. The molecule has 1 aromatic carbocycles. The van der Waals surface area contributed by atoms with Crippen molar-refractivity contribution in [3.8, 4) is 0 Å². The Hall–Kier alpha value is -0.820. The van der Waals surface area contributed by atoms with Gasteiger partial charge in [-0.25, -0.2) is 0 Å². The van der Waals surface area contributed by atoms with E-state index in [4.69, 9.17) is 0 Å². The number of hydrogen-bond acceptors (Lipinski definition) is 1. The Morgan fingerprint density at radius 3 is 2.45 bits per heavy atom. The summed E-state index contributed by atoms with van der Waals surface area (Å²) in [5.41, 5.74) is 2.95. The zero-order valence-electron chi connectivity index (χ0n) is 13.5. The van der Waals surface area contributed by atoms with Gasteiger partial charge in [0.25, 0.3) is 0 Å². The minimum absolute atomic E-state index is 0.652. The molecule has 1 unspecified atom stereocenters. The van der Waals surface area contributed by atoms with Crippen molar-refractivity contribution in [3.05, 3.63) is 35.4 Å². The van der Waals surface area contributed by atoms with Crippen LogP contribution in [0.4, 0.5) is 0 Å². The fourth-order valence-corrected chi connectivity index (χ4v) is 3.87. The number of likely N-dealkylation sites (N-methyl/N-ethyl adjacent to an activating group) is 1. The second-order valence-electron chi connectivity index (χ2n) is 6.60. The Labute approximate surface area is 125 Å². The molecule has 2 rings (SSSR count). The molecule has 1 aliphatic rings. The highest BCUT2D eigenvalue weighted by molar-refractivity contribution is 5.26. The van der Waals surface area contributed by atoms with Crippen LogP contribution in [0.5, 0.6) is 0 Å². The van der Waals surface area contributed by atoms with Crippen LogP contribution >= 0.6 is 0 Å². The second-order valence-corrected chi connectivity index (χ2v) is 6.60. The molecule has 112 valence electrons. The van der Waals surface area contributed by atoms with Gasteiger partial charge >= 0.3 is 0 Å². The topological polar surface area (TPSA) is 12.0 Å². The number of nitrogens with one attached hydrogen (secondary N) is 1. The second kappa shape index (κ2) is 7.83. The molecule has 1 fully saturated rings. The Bertz CT molecular complexity index is 391. The third kappa shape index (κ3) is 4.09. The van der Waals surface area contributed by atoms with Crippen molar-refractivity contribution in [3.63, 3.8) is 0 Å². The monoisotopic (exact) mass is 273 g/mol. The number of aryl methyl sites for hydroxylation is 1. The highest BCUT2D eigenvalue weighted by Crippen LogP contribution is 2.34. The Balaban J connectivity index is 1.91. The fraction of sp³-hybridized carbons (Fsp3) is 0.684. The molecule has 20 heavy (non-hydrogen) atoms. The largest absolute Gasteiger partial charge is 0.316 e. The molecular weight excluding hydrogens is 242 g/mol. The van der Waals surface area contributed by atoms with E-state index in [0.29, 0.717) is 6.04 Å². The standard InChI is InChI=1S/C19H31N/c1-4-7-16-10-12-17(13-11-16)19(20-3)14-18-9-6-5-8-15(18)2/h5-6,8-9,16-17,19-20H,4,7,10-14H2,1-3H3. The Morgan fingerprint density at radius 1 is 1.15 bits per heavy atom. The maximum Gasteiger partial charge on any atom is 0.0133 e. The van der Waals surface area contributed by atoms with E-state index in [1.807, 2.05) is 0 Å². The third-order valence-corrected chi connectivity index (χ3v) is 5.23. The molecule has 1 atom stereocenters. The van der Waals surface area contributed by atoms with Crippen LogP contribution in [0.3, 0.4) is 0 Å². The predicted molar refractivity (Wildman–Crippen MR) is 88.1 cm³/mol. The van der Waals surface area contributed by atoms with Gasteiger partial charge in [-0.15, -0.1) is 0 Å². The minimum Gasteiger partial charge on any atom is -0.316 e. The van der Waals surface area contributed by atoms with Gasteiger partial charge in [0, 0.05) is 6.04 Å². The number of hydrogen-bond donors (Lipinski definition) is 1. The van der Waals surface area contributed by atoms with Gasteiger partial charge in [0.1, 0.15) is 0 Å². The summed E-state index contributed by atoms with van der Waals surface area (Å²) in [6, 6.07) is 9.50. The van der Waals surface area contributed by atoms with Crippen molar-refractivity contribution >= 4 is 0 Å². The van der Waals surface area contributed by atoms with Gasteiger partial charge in [0.05, 0.1) is 0 Å². The van der Waals surface area contributed by atoms with Crippen LogP contribution in [0.1, 0.15) is 56.6 Å². The Kier molecular flexibility index (Phi) is 6.09. The molecule has 0 amide bonds. The predicted octanol–water partition coefficient (Wildman–Crippen LogP) is 4.73. The molecule has 0 aromatic heterocycles. The lowest BCUT2D eigenvalue weighted by atomic mass is 9.75. The first-order valence-corrected chi connectivity index (χ1v) is 8.46. The van der Waals surface area contributed by atoms with E-state index in [2.05, 4.69) is 50.5 Å². The molecule has 0 aliphatic heterocycles. The van der Waals surface area contributed by atoms with Crippen molar-refractivity contribution in [2.45, 2.75) is 64.8 Å². The van der Waals surface area contributed by atoms with E-state index in [1.165, 1.54) is 56.1 Å². The molecule has 1 saturated carbocycles. The van der Waals surface area contributed by atoms with Gasteiger partial charge < -0.3 is 5.32 Å². The van der Waals surface area contributed by atoms with E-state index in [9.17, 15) is 0 Å². The summed E-state index contributed by atoms with van der Waals surface area (Å²) in [5.74, 6) is 1.87. The summed E-state index contributed by atoms with van der Waals surface area (Å²) in [4.78, 5) is 0. The van der Waals surface area contributed by atoms with Crippen molar-refractivity contribution in [1.82, 2.24) is 5.32 Å². The SMILES string of the molecule is CCCC1CCC(C(Cc2ccccc2C)NC)CC1. The minimum atomic E-state index is 0.652. The fourth-order valence-electron chi connectivity index (χ4n) is 3.87. The van der Waals surface area contributed by atoms with Crippen LogP contribution < -0.4 is 5.32 Å². The maximum atomic E-state index is 3.59. The van der Waals surface area contributed by atoms with Crippen molar-refractivity contribution in [2.24, 2.45) is 11.8 Å². The number of rotatable bonds is 6. The third-order valence-electron chi connectivity index (χ3n) is 5.23. The van der Waals surface area contributed by atoms with Gasteiger partial charge in [-0.3, -0.25) is 0 Å². The zero-order valence-corrected chi connectivity index (χ0v) is 13.5. The van der Waals surface area contributed by atoms with Crippen molar-refractivity contribution in [1.29, 1.82) is 0 Å². The summed E-state index contributed by atoms with van der Waals surface area (Å²) in [5, 5.41) is 3.59. The molecule has 0 heterocycles. The number of benzene rings is 1. The molecule has 0 saturated heterocycles. The smallest absolute Gasteiger partial charge is 0.0133 e. The van der Waals surface area contributed by atoms with Crippen LogP contribution in [0.25, 0.3) is 0 Å². The molecule has 1 aliphatic carbocycles. The first kappa shape index (κ1) is 15.6. The highest BCUT2D eigenvalue weighted by Gasteiger charge is 2.26. The average Bonchev–Trinajstić information content (AvgIpc) is 2.48.